The van der Waals surface area contributed by atoms with Crippen molar-refractivity contribution in [2.24, 2.45) is 0 Å². The SMILES string of the molecule is COCC(OC)c1ccc(CCN2CCNCC2)cc1. The lowest BCUT2D eigenvalue weighted by atomic mass is 10.1. The van der Waals surface area contributed by atoms with E-state index in [1.807, 2.05) is 0 Å². The molecule has 1 N–H and O–H groups in total. The van der Waals surface area contributed by atoms with Gasteiger partial charge in [-0.1, -0.05) is 24.3 Å². The Balaban J connectivity index is 1.84. The smallest absolute Gasteiger partial charge is 0.105 e. The van der Waals surface area contributed by atoms with E-state index in [0.29, 0.717) is 6.61 Å². The first-order valence-electron chi connectivity index (χ1n) is 7.37. The fourth-order valence-electron chi connectivity index (χ4n) is 2.57. The van der Waals surface area contributed by atoms with Crippen LogP contribution < -0.4 is 5.32 Å². The molecule has 0 bridgehead atoms. The van der Waals surface area contributed by atoms with Crippen LogP contribution in [0, 0.1) is 0 Å². The largest absolute Gasteiger partial charge is 0.382 e. The molecule has 0 saturated carbocycles. The number of nitrogens with one attached hydrogen (secondary N) is 1. The Morgan fingerprint density at radius 1 is 1.15 bits per heavy atom. The van der Waals surface area contributed by atoms with E-state index in [1.54, 1.807) is 14.2 Å². The van der Waals surface area contributed by atoms with Crippen LogP contribution in [0.3, 0.4) is 0 Å². The molecule has 1 aliphatic heterocycles. The van der Waals surface area contributed by atoms with Crippen LogP contribution in [-0.2, 0) is 15.9 Å². The lowest BCUT2D eigenvalue weighted by Crippen LogP contribution is -2.44. The number of methoxy groups -OCH3 is 2. The van der Waals surface area contributed by atoms with Crippen molar-refractivity contribution in [1.29, 1.82) is 0 Å². The van der Waals surface area contributed by atoms with E-state index < -0.39 is 0 Å². The maximum Gasteiger partial charge on any atom is 0.105 e. The summed E-state index contributed by atoms with van der Waals surface area (Å²) in [5, 5.41) is 3.38. The van der Waals surface area contributed by atoms with Gasteiger partial charge in [0.1, 0.15) is 6.10 Å². The van der Waals surface area contributed by atoms with E-state index in [0.717, 1.165) is 39.1 Å². The fraction of sp³-hybridized carbons (Fsp3) is 0.625. The van der Waals surface area contributed by atoms with Crippen LogP contribution in [-0.4, -0.2) is 58.5 Å². The molecule has 1 aromatic rings. The molecule has 1 heterocycles. The minimum atomic E-state index is 0.0298. The molecule has 1 aromatic carbocycles. The molecule has 0 spiro atoms. The van der Waals surface area contributed by atoms with Crippen molar-refractivity contribution in [2.45, 2.75) is 12.5 Å². The summed E-state index contributed by atoms with van der Waals surface area (Å²) in [6.45, 7) is 6.30. The van der Waals surface area contributed by atoms with Crippen LogP contribution in [0.5, 0.6) is 0 Å². The zero-order chi connectivity index (χ0) is 14.2. The predicted molar refractivity (Wildman–Crippen MR) is 81.1 cm³/mol. The van der Waals surface area contributed by atoms with Gasteiger partial charge in [0.15, 0.2) is 0 Å². The minimum Gasteiger partial charge on any atom is -0.382 e. The van der Waals surface area contributed by atoms with Gasteiger partial charge in [-0.3, -0.25) is 0 Å². The third-order valence-corrected chi connectivity index (χ3v) is 3.88. The van der Waals surface area contributed by atoms with Crippen molar-refractivity contribution in [3.05, 3.63) is 35.4 Å². The summed E-state index contributed by atoms with van der Waals surface area (Å²) < 4.78 is 10.6. The second kappa shape index (κ2) is 8.37. The Morgan fingerprint density at radius 3 is 2.45 bits per heavy atom. The van der Waals surface area contributed by atoms with Crippen LogP contribution in [0.4, 0.5) is 0 Å². The molecular weight excluding hydrogens is 252 g/mol. The zero-order valence-corrected chi connectivity index (χ0v) is 12.6. The molecular formula is C16H26N2O2. The Kier molecular flexibility index (Phi) is 6.47. The van der Waals surface area contributed by atoms with Crippen LogP contribution in [0.2, 0.25) is 0 Å². The molecule has 20 heavy (non-hydrogen) atoms. The van der Waals surface area contributed by atoms with Crippen molar-refractivity contribution < 1.29 is 9.47 Å². The first-order chi connectivity index (χ1) is 9.83. The highest BCUT2D eigenvalue weighted by molar-refractivity contribution is 5.24. The number of ether oxygens (including phenoxy) is 2. The monoisotopic (exact) mass is 278 g/mol. The topological polar surface area (TPSA) is 33.7 Å². The van der Waals surface area contributed by atoms with Gasteiger partial charge in [0.2, 0.25) is 0 Å². The van der Waals surface area contributed by atoms with Gasteiger partial charge in [-0.15, -0.1) is 0 Å². The van der Waals surface area contributed by atoms with Crippen molar-refractivity contribution in [3.8, 4) is 0 Å². The molecule has 1 fully saturated rings. The Morgan fingerprint density at radius 2 is 1.85 bits per heavy atom. The maximum absolute atomic E-state index is 5.43. The molecule has 0 radical (unpaired) electrons. The lowest BCUT2D eigenvalue weighted by molar-refractivity contribution is 0.0275. The first-order valence-corrected chi connectivity index (χ1v) is 7.37. The third-order valence-electron chi connectivity index (χ3n) is 3.88. The molecule has 0 aromatic heterocycles. The quantitative estimate of drug-likeness (QED) is 0.819. The van der Waals surface area contributed by atoms with E-state index in [9.17, 15) is 0 Å². The van der Waals surface area contributed by atoms with Gasteiger partial charge < -0.3 is 19.7 Å². The molecule has 4 heteroatoms. The van der Waals surface area contributed by atoms with Crippen LogP contribution in [0.25, 0.3) is 0 Å². The average Bonchev–Trinajstić information content (AvgIpc) is 2.52. The van der Waals surface area contributed by atoms with Crippen LogP contribution >= 0.6 is 0 Å². The summed E-state index contributed by atoms with van der Waals surface area (Å²) in [6.07, 6.45) is 1.14. The van der Waals surface area contributed by atoms with Gasteiger partial charge in [0.25, 0.3) is 0 Å². The van der Waals surface area contributed by atoms with E-state index in [2.05, 4.69) is 34.5 Å². The molecule has 1 aliphatic rings. The number of piperazine rings is 1. The summed E-state index contributed by atoms with van der Waals surface area (Å²) in [4.78, 5) is 2.52. The van der Waals surface area contributed by atoms with Gasteiger partial charge >= 0.3 is 0 Å². The second-order valence-corrected chi connectivity index (χ2v) is 5.26. The second-order valence-electron chi connectivity index (χ2n) is 5.26. The van der Waals surface area contributed by atoms with Crippen LogP contribution in [0.1, 0.15) is 17.2 Å². The maximum atomic E-state index is 5.43. The highest BCUT2D eigenvalue weighted by atomic mass is 16.5. The Labute approximate surface area is 122 Å². The standard InChI is InChI=1S/C16H26N2O2/c1-19-13-16(20-2)15-5-3-14(4-6-15)7-10-18-11-8-17-9-12-18/h3-6,16-17H,7-13H2,1-2H3. The van der Waals surface area contributed by atoms with Crippen molar-refractivity contribution in [1.82, 2.24) is 10.2 Å². The van der Waals surface area contributed by atoms with Crippen molar-refractivity contribution in [3.63, 3.8) is 0 Å². The summed E-state index contributed by atoms with van der Waals surface area (Å²) >= 11 is 0. The van der Waals surface area contributed by atoms with Gasteiger partial charge in [-0.25, -0.2) is 0 Å². The van der Waals surface area contributed by atoms with Gasteiger partial charge in [-0.2, -0.15) is 0 Å². The van der Waals surface area contributed by atoms with Crippen molar-refractivity contribution >= 4 is 0 Å². The molecule has 1 unspecified atom stereocenters. The summed E-state index contributed by atoms with van der Waals surface area (Å²) in [6, 6.07) is 8.72. The van der Waals surface area contributed by atoms with Crippen LogP contribution in [0.15, 0.2) is 24.3 Å². The van der Waals surface area contributed by atoms with Gasteiger partial charge in [0.05, 0.1) is 6.61 Å². The van der Waals surface area contributed by atoms with E-state index in [-0.39, 0.29) is 6.10 Å². The zero-order valence-electron chi connectivity index (χ0n) is 12.6. The highest BCUT2D eigenvalue weighted by Crippen LogP contribution is 2.17. The highest BCUT2D eigenvalue weighted by Gasteiger charge is 2.11. The lowest BCUT2D eigenvalue weighted by Gasteiger charge is -2.27. The molecule has 0 aliphatic carbocycles. The normalized spacial score (nSPS) is 18.1. The van der Waals surface area contributed by atoms with Gasteiger partial charge in [-0.05, 0) is 17.5 Å². The summed E-state index contributed by atoms with van der Waals surface area (Å²) in [5.41, 5.74) is 2.57. The molecule has 4 nitrogen and oxygen atoms in total. The first kappa shape index (κ1) is 15.4. The average molecular weight is 278 g/mol. The summed E-state index contributed by atoms with van der Waals surface area (Å²) in [5.74, 6) is 0. The molecule has 0 amide bonds. The van der Waals surface area contributed by atoms with Crippen molar-refractivity contribution in [2.75, 3.05) is 53.6 Å². The number of hydrogen-bond donors (Lipinski definition) is 1. The fourth-order valence-corrected chi connectivity index (χ4v) is 2.57. The van der Waals surface area contributed by atoms with E-state index >= 15 is 0 Å². The predicted octanol–water partition coefficient (Wildman–Crippen LogP) is 1.47. The van der Waals surface area contributed by atoms with E-state index in [4.69, 9.17) is 9.47 Å². The number of hydrogen-bond acceptors (Lipinski definition) is 4. The number of nitrogens with zero attached hydrogens (tertiary/aromatic N) is 1. The minimum absolute atomic E-state index is 0.0298. The molecule has 2 rings (SSSR count). The Bertz CT molecular complexity index is 375. The van der Waals surface area contributed by atoms with Gasteiger partial charge in [0, 0.05) is 46.9 Å². The number of rotatable bonds is 7. The third kappa shape index (κ3) is 4.56. The molecule has 1 saturated heterocycles. The summed E-state index contributed by atoms with van der Waals surface area (Å²) in [7, 11) is 3.43. The van der Waals surface area contributed by atoms with E-state index in [1.165, 1.54) is 11.1 Å². The number of benzene rings is 1. The Hall–Kier alpha value is -0.940. The molecule has 1 atom stereocenters. The molecule has 112 valence electrons.